The molecular weight excluding hydrogens is 196 g/mol. The van der Waals surface area contributed by atoms with E-state index in [-0.39, 0.29) is 0 Å². The third-order valence-electron chi connectivity index (χ3n) is 4.95. The first-order valence-electron chi connectivity index (χ1n) is 7.11. The molecule has 2 heteroatoms. The Morgan fingerprint density at radius 3 is 2.12 bits per heavy atom. The van der Waals surface area contributed by atoms with E-state index < -0.39 is 0 Å². The lowest BCUT2D eigenvalue weighted by Crippen LogP contribution is -2.49. The molecule has 0 amide bonds. The quantitative estimate of drug-likeness (QED) is 0.697. The monoisotopic (exact) mass is 226 g/mol. The Balaban J connectivity index is 2.53. The summed E-state index contributed by atoms with van der Waals surface area (Å²) in [5.74, 6) is 0. The predicted octanol–water partition coefficient (Wildman–Crippen LogP) is 2.93. The topological polar surface area (TPSA) is 24.1 Å². The molecule has 1 atom stereocenters. The van der Waals surface area contributed by atoms with E-state index >= 15 is 0 Å². The van der Waals surface area contributed by atoms with Crippen LogP contribution >= 0.6 is 0 Å². The minimum absolute atomic E-state index is 0.380. The van der Waals surface area contributed by atoms with Crippen molar-refractivity contribution in [3.63, 3.8) is 0 Å². The van der Waals surface area contributed by atoms with E-state index in [1.807, 2.05) is 0 Å². The Morgan fingerprint density at radius 2 is 1.75 bits per heavy atom. The van der Waals surface area contributed by atoms with Gasteiger partial charge in [-0.25, -0.2) is 0 Å². The summed E-state index contributed by atoms with van der Waals surface area (Å²) in [5, 5.41) is 7.39. The van der Waals surface area contributed by atoms with Crippen LogP contribution in [0.2, 0.25) is 0 Å². The molecule has 16 heavy (non-hydrogen) atoms. The molecule has 2 nitrogen and oxygen atoms in total. The van der Waals surface area contributed by atoms with Crippen LogP contribution < -0.4 is 10.6 Å². The molecule has 0 aromatic heterocycles. The van der Waals surface area contributed by atoms with E-state index in [0.717, 1.165) is 0 Å². The van der Waals surface area contributed by atoms with Gasteiger partial charge in [0.2, 0.25) is 0 Å². The Labute approximate surface area is 102 Å². The summed E-state index contributed by atoms with van der Waals surface area (Å²) < 4.78 is 0. The fourth-order valence-corrected chi connectivity index (χ4v) is 2.87. The molecule has 0 bridgehead atoms. The van der Waals surface area contributed by atoms with Gasteiger partial charge in [0.15, 0.2) is 0 Å². The third-order valence-corrected chi connectivity index (χ3v) is 4.95. The van der Waals surface area contributed by atoms with Crippen molar-refractivity contribution in [2.45, 2.75) is 65.3 Å². The lowest BCUT2D eigenvalue weighted by molar-refractivity contribution is 0.213. The van der Waals surface area contributed by atoms with Crippen molar-refractivity contribution in [2.24, 2.45) is 5.41 Å². The summed E-state index contributed by atoms with van der Waals surface area (Å²) in [4.78, 5) is 0. The van der Waals surface area contributed by atoms with Gasteiger partial charge < -0.3 is 10.6 Å². The molecule has 1 aliphatic heterocycles. The highest BCUT2D eigenvalue weighted by atomic mass is 15.0. The van der Waals surface area contributed by atoms with Gasteiger partial charge in [-0.2, -0.15) is 0 Å². The molecule has 0 radical (unpaired) electrons. The van der Waals surface area contributed by atoms with Crippen LogP contribution in [0.25, 0.3) is 0 Å². The third kappa shape index (κ3) is 2.98. The molecule has 1 rings (SSSR count). The molecule has 0 aromatic carbocycles. The maximum absolute atomic E-state index is 3.88. The molecule has 1 heterocycles. The van der Waals surface area contributed by atoms with Crippen molar-refractivity contribution in [2.75, 3.05) is 19.6 Å². The van der Waals surface area contributed by atoms with Crippen molar-refractivity contribution in [1.82, 2.24) is 10.6 Å². The lowest BCUT2D eigenvalue weighted by atomic mass is 9.82. The van der Waals surface area contributed by atoms with E-state index in [2.05, 4.69) is 38.3 Å². The van der Waals surface area contributed by atoms with Crippen LogP contribution in [0.5, 0.6) is 0 Å². The van der Waals surface area contributed by atoms with Crippen molar-refractivity contribution in [3.05, 3.63) is 0 Å². The molecule has 1 aliphatic rings. The fraction of sp³-hybridized carbons (Fsp3) is 1.00. The van der Waals surface area contributed by atoms with Gasteiger partial charge in [0.05, 0.1) is 0 Å². The van der Waals surface area contributed by atoms with Crippen LogP contribution in [0.1, 0.15) is 59.8 Å². The first-order chi connectivity index (χ1) is 7.66. The van der Waals surface area contributed by atoms with Crippen LogP contribution in [-0.2, 0) is 0 Å². The molecule has 1 saturated heterocycles. The van der Waals surface area contributed by atoms with Gasteiger partial charge in [-0.15, -0.1) is 0 Å². The molecule has 0 aromatic rings. The zero-order valence-corrected chi connectivity index (χ0v) is 11.7. The molecule has 0 saturated carbocycles. The highest BCUT2D eigenvalue weighted by molar-refractivity contribution is 4.93. The summed E-state index contributed by atoms with van der Waals surface area (Å²) in [5.41, 5.74) is 0.898. The maximum atomic E-state index is 3.88. The van der Waals surface area contributed by atoms with Gasteiger partial charge in [0.25, 0.3) is 0 Å². The number of rotatable bonds is 7. The largest absolute Gasteiger partial charge is 0.316 e. The zero-order valence-electron chi connectivity index (χ0n) is 11.7. The van der Waals surface area contributed by atoms with Crippen LogP contribution in [0.4, 0.5) is 0 Å². The van der Waals surface area contributed by atoms with Gasteiger partial charge in [0.1, 0.15) is 0 Å². The Hall–Kier alpha value is -0.0800. The molecule has 96 valence electrons. The van der Waals surface area contributed by atoms with Crippen molar-refractivity contribution in [1.29, 1.82) is 0 Å². The Kier molecular flexibility index (Phi) is 5.26. The van der Waals surface area contributed by atoms with Gasteiger partial charge in [-0.3, -0.25) is 0 Å². The zero-order chi connectivity index (χ0) is 12.1. The van der Waals surface area contributed by atoms with Crippen molar-refractivity contribution in [3.8, 4) is 0 Å². The van der Waals surface area contributed by atoms with E-state index in [1.54, 1.807) is 0 Å². The Bertz CT molecular complexity index is 174. The predicted molar refractivity (Wildman–Crippen MR) is 71.8 cm³/mol. The van der Waals surface area contributed by atoms with Crippen LogP contribution in [-0.4, -0.2) is 25.2 Å². The van der Waals surface area contributed by atoms with Gasteiger partial charge in [-0.1, -0.05) is 27.7 Å². The normalized spacial score (nSPS) is 26.2. The second-order valence-corrected chi connectivity index (χ2v) is 5.47. The number of hydrogen-bond acceptors (Lipinski definition) is 2. The average Bonchev–Trinajstić information content (AvgIpc) is 2.81. The fourth-order valence-electron chi connectivity index (χ4n) is 2.87. The average molecular weight is 226 g/mol. The first-order valence-corrected chi connectivity index (χ1v) is 7.11. The highest BCUT2D eigenvalue weighted by Crippen LogP contribution is 2.30. The maximum Gasteiger partial charge on any atom is 0.0173 e. The molecule has 0 aliphatic carbocycles. The first kappa shape index (κ1) is 14.0. The lowest BCUT2D eigenvalue weighted by Gasteiger charge is -2.37. The second kappa shape index (κ2) is 6.02. The Morgan fingerprint density at radius 1 is 1.12 bits per heavy atom. The van der Waals surface area contributed by atoms with Gasteiger partial charge >= 0.3 is 0 Å². The molecule has 1 fully saturated rings. The smallest absolute Gasteiger partial charge is 0.0173 e. The van der Waals surface area contributed by atoms with Crippen molar-refractivity contribution >= 4 is 0 Å². The second-order valence-electron chi connectivity index (χ2n) is 5.47. The summed E-state index contributed by atoms with van der Waals surface area (Å²) >= 11 is 0. The summed E-state index contributed by atoms with van der Waals surface area (Å²) in [7, 11) is 0. The van der Waals surface area contributed by atoms with Crippen LogP contribution in [0, 0.1) is 5.41 Å². The SMILES string of the molecule is CCC1(CNC(CC)(CC)CC)CCNC1. The number of nitrogens with one attached hydrogen (secondary N) is 2. The summed E-state index contributed by atoms with van der Waals surface area (Å²) in [6.45, 7) is 12.9. The van der Waals surface area contributed by atoms with Gasteiger partial charge in [-0.05, 0) is 44.1 Å². The van der Waals surface area contributed by atoms with Gasteiger partial charge in [0, 0.05) is 18.6 Å². The minimum Gasteiger partial charge on any atom is -0.316 e. The van der Waals surface area contributed by atoms with Crippen molar-refractivity contribution < 1.29 is 0 Å². The van der Waals surface area contributed by atoms with Crippen LogP contribution in [0.15, 0.2) is 0 Å². The van der Waals surface area contributed by atoms with Crippen LogP contribution in [0.3, 0.4) is 0 Å². The summed E-state index contributed by atoms with van der Waals surface area (Å²) in [6, 6.07) is 0. The van der Waals surface area contributed by atoms with E-state index in [4.69, 9.17) is 0 Å². The molecular formula is C14H30N2. The molecule has 1 unspecified atom stereocenters. The molecule has 0 spiro atoms. The molecule has 2 N–H and O–H groups in total. The highest BCUT2D eigenvalue weighted by Gasteiger charge is 2.34. The van der Waals surface area contributed by atoms with E-state index in [9.17, 15) is 0 Å². The minimum atomic E-state index is 0.380. The standard InChI is InChI=1S/C14H30N2/c1-5-13(9-10-15-11-13)12-16-14(6-2,7-3)8-4/h15-16H,5-12H2,1-4H3. The van der Waals surface area contributed by atoms with E-state index in [1.165, 1.54) is 51.7 Å². The number of hydrogen-bond donors (Lipinski definition) is 2. The van der Waals surface area contributed by atoms with E-state index in [0.29, 0.717) is 11.0 Å². The summed E-state index contributed by atoms with van der Waals surface area (Å²) in [6.07, 6.45) is 6.36.